The standard InChI is InChI=1S/C12H15NOSi/c1-13-10-12(14-15(2,3)4)11-8-6-5-7-9-11/h5-10H,2-4H3/b12-10+. The lowest BCUT2D eigenvalue weighted by Gasteiger charge is -2.21. The average molecular weight is 217 g/mol. The van der Waals surface area contributed by atoms with Gasteiger partial charge in [-0.2, -0.15) is 0 Å². The van der Waals surface area contributed by atoms with Gasteiger partial charge in [-0.1, -0.05) is 30.3 Å². The third-order valence-corrected chi connectivity index (χ3v) is 2.49. The van der Waals surface area contributed by atoms with Gasteiger partial charge in [0, 0.05) is 5.56 Å². The molecule has 0 aliphatic carbocycles. The molecule has 0 spiro atoms. The largest absolute Gasteiger partial charge is 0.552 e. The molecule has 1 rings (SSSR count). The lowest BCUT2D eigenvalue weighted by Crippen LogP contribution is -2.24. The minimum Gasteiger partial charge on any atom is -0.552 e. The lowest BCUT2D eigenvalue weighted by atomic mass is 10.2. The quantitative estimate of drug-likeness (QED) is 0.427. The molecule has 0 heterocycles. The van der Waals surface area contributed by atoms with Gasteiger partial charge in [0.1, 0.15) is 5.76 Å². The first-order valence-electron chi connectivity index (χ1n) is 4.84. The van der Waals surface area contributed by atoms with Crippen molar-refractivity contribution in [3.8, 4) is 0 Å². The van der Waals surface area contributed by atoms with Gasteiger partial charge in [-0.15, -0.1) is 0 Å². The van der Waals surface area contributed by atoms with Gasteiger partial charge in [0.2, 0.25) is 8.32 Å². The summed E-state index contributed by atoms with van der Waals surface area (Å²) in [5, 5.41) is 0. The van der Waals surface area contributed by atoms with Gasteiger partial charge in [-0.05, 0) is 19.6 Å². The van der Waals surface area contributed by atoms with Crippen LogP contribution in [0.1, 0.15) is 5.56 Å². The van der Waals surface area contributed by atoms with E-state index in [1.165, 1.54) is 6.20 Å². The molecule has 0 atom stereocenters. The Bertz CT molecular complexity index is 384. The van der Waals surface area contributed by atoms with Crippen molar-refractivity contribution in [3.05, 3.63) is 53.5 Å². The zero-order valence-electron chi connectivity index (χ0n) is 9.32. The SMILES string of the molecule is [C-]#[N+]/C=C(/O[Si](C)(C)C)c1ccccc1. The molecule has 1 aromatic rings. The fourth-order valence-electron chi connectivity index (χ4n) is 1.15. The molecular weight excluding hydrogens is 202 g/mol. The molecule has 0 aromatic heterocycles. The molecule has 0 radical (unpaired) electrons. The molecule has 0 unspecified atom stereocenters. The van der Waals surface area contributed by atoms with Gasteiger partial charge < -0.3 is 4.43 Å². The summed E-state index contributed by atoms with van der Waals surface area (Å²) in [6, 6.07) is 9.75. The Morgan fingerprint density at radius 2 is 1.87 bits per heavy atom. The van der Waals surface area contributed by atoms with Crippen LogP contribution in [0.5, 0.6) is 0 Å². The minimum atomic E-state index is -1.65. The van der Waals surface area contributed by atoms with Crippen LogP contribution in [0.15, 0.2) is 36.5 Å². The monoisotopic (exact) mass is 217 g/mol. The molecule has 2 nitrogen and oxygen atoms in total. The van der Waals surface area contributed by atoms with Crippen LogP contribution in [0.4, 0.5) is 0 Å². The van der Waals surface area contributed by atoms with Crippen molar-refractivity contribution in [1.82, 2.24) is 0 Å². The fourth-order valence-corrected chi connectivity index (χ4v) is 1.98. The molecule has 3 heteroatoms. The predicted molar refractivity (Wildman–Crippen MR) is 65.5 cm³/mol. The molecule has 0 aliphatic heterocycles. The second-order valence-electron chi connectivity index (χ2n) is 4.20. The molecule has 0 saturated heterocycles. The Balaban J connectivity index is 2.97. The van der Waals surface area contributed by atoms with E-state index in [1.807, 2.05) is 30.3 Å². The van der Waals surface area contributed by atoms with Gasteiger partial charge in [-0.3, -0.25) is 0 Å². The van der Waals surface area contributed by atoms with Crippen LogP contribution >= 0.6 is 0 Å². The number of hydrogen-bond acceptors (Lipinski definition) is 1. The first-order chi connectivity index (χ1) is 7.03. The van der Waals surface area contributed by atoms with Crippen molar-refractivity contribution in [2.45, 2.75) is 19.6 Å². The van der Waals surface area contributed by atoms with Gasteiger partial charge in [0.05, 0.1) is 6.57 Å². The Morgan fingerprint density at radius 3 is 2.33 bits per heavy atom. The molecule has 0 amide bonds. The van der Waals surface area contributed by atoms with Gasteiger partial charge in [-0.25, -0.2) is 4.85 Å². The van der Waals surface area contributed by atoms with E-state index in [1.54, 1.807) is 0 Å². The highest BCUT2D eigenvalue weighted by atomic mass is 28.4. The number of benzene rings is 1. The van der Waals surface area contributed by atoms with Crippen LogP contribution in [0.3, 0.4) is 0 Å². The number of hydrogen-bond donors (Lipinski definition) is 0. The van der Waals surface area contributed by atoms with Crippen molar-refractivity contribution >= 4 is 14.1 Å². The van der Waals surface area contributed by atoms with Crippen LogP contribution in [-0.4, -0.2) is 8.32 Å². The smallest absolute Gasteiger partial charge is 0.240 e. The van der Waals surface area contributed by atoms with E-state index in [0.717, 1.165) is 5.56 Å². The average Bonchev–Trinajstić information content (AvgIpc) is 2.17. The second kappa shape index (κ2) is 4.81. The molecule has 0 N–H and O–H groups in total. The maximum absolute atomic E-state index is 6.87. The van der Waals surface area contributed by atoms with Crippen LogP contribution in [-0.2, 0) is 4.43 Å². The van der Waals surface area contributed by atoms with Crippen LogP contribution in [0, 0.1) is 6.57 Å². The van der Waals surface area contributed by atoms with Crippen LogP contribution < -0.4 is 0 Å². The van der Waals surface area contributed by atoms with Gasteiger partial charge >= 0.3 is 0 Å². The van der Waals surface area contributed by atoms with E-state index in [-0.39, 0.29) is 0 Å². The molecular formula is C12H15NOSi. The van der Waals surface area contributed by atoms with E-state index in [9.17, 15) is 0 Å². The third-order valence-electron chi connectivity index (χ3n) is 1.66. The van der Waals surface area contributed by atoms with Gasteiger partial charge in [0.25, 0.3) is 0 Å². The summed E-state index contributed by atoms with van der Waals surface area (Å²) in [6.07, 6.45) is 1.45. The lowest BCUT2D eigenvalue weighted by molar-refractivity contribution is 0.514. The summed E-state index contributed by atoms with van der Waals surface area (Å²) in [5.41, 5.74) is 0.968. The molecule has 15 heavy (non-hydrogen) atoms. The molecule has 0 bridgehead atoms. The van der Waals surface area contributed by atoms with Crippen LogP contribution in [0.25, 0.3) is 10.6 Å². The third kappa shape index (κ3) is 4.01. The van der Waals surface area contributed by atoms with Crippen LogP contribution in [0.2, 0.25) is 19.6 Å². The highest BCUT2D eigenvalue weighted by Gasteiger charge is 2.18. The highest BCUT2D eigenvalue weighted by Crippen LogP contribution is 2.20. The molecule has 0 saturated carbocycles. The zero-order chi connectivity index (χ0) is 11.3. The van der Waals surface area contributed by atoms with E-state index in [0.29, 0.717) is 5.76 Å². The Labute approximate surface area is 92.2 Å². The van der Waals surface area contributed by atoms with Crippen molar-refractivity contribution in [1.29, 1.82) is 0 Å². The normalized spacial score (nSPS) is 12.0. The van der Waals surface area contributed by atoms with Crippen molar-refractivity contribution < 1.29 is 4.43 Å². The summed E-state index contributed by atoms with van der Waals surface area (Å²) in [4.78, 5) is 3.28. The van der Waals surface area contributed by atoms with E-state index >= 15 is 0 Å². The predicted octanol–water partition coefficient (Wildman–Crippen LogP) is 3.76. The molecule has 78 valence electrons. The van der Waals surface area contributed by atoms with E-state index in [2.05, 4.69) is 24.5 Å². The first kappa shape index (κ1) is 11.5. The van der Waals surface area contributed by atoms with Crippen molar-refractivity contribution in [3.63, 3.8) is 0 Å². The topological polar surface area (TPSA) is 13.6 Å². The maximum Gasteiger partial charge on any atom is 0.240 e. The zero-order valence-corrected chi connectivity index (χ0v) is 10.3. The summed E-state index contributed by atoms with van der Waals surface area (Å²) in [6.45, 7) is 13.2. The minimum absolute atomic E-state index is 0.685. The van der Waals surface area contributed by atoms with Crippen molar-refractivity contribution in [2.24, 2.45) is 0 Å². The van der Waals surface area contributed by atoms with Crippen molar-refractivity contribution in [2.75, 3.05) is 0 Å². The Kier molecular flexibility index (Phi) is 3.70. The fraction of sp³-hybridized carbons (Fsp3) is 0.250. The highest BCUT2D eigenvalue weighted by molar-refractivity contribution is 6.70. The second-order valence-corrected chi connectivity index (χ2v) is 8.63. The summed E-state index contributed by atoms with van der Waals surface area (Å²) in [7, 11) is -1.65. The number of rotatable bonds is 3. The maximum atomic E-state index is 6.87. The summed E-state index contributed by atoms with van der Waals surface area (Å²) < 4.78 is 5.85. The van der Waals surface area contributed by atoms with E-state index < -0.39 is 8.32 Å². The Hall–Kier alpha value is -1.53. The first-order valence-corrected chi connectivity index (χ1v) is 8.25. The summed E-state index contributed by atoms with van der Waals surface area (Å²) >= 11 is 0. The molecule has 0 aliphatic rings. The number of nitrogens with zero attached hydrogens (tertiary/aromatic N) is 1. The van der Waals surface area contributed by atoms with E-state index in [4.69, 9.17) is 11.0 Å². The summed E-state index contributed by atoms with van der Waals surface area (Å²) in [5.74, 6) is 0.685. The molecule has 1 aromatic carbocycles. The van der Waals surface area contributed by atoms with Gasteiger partial charge in [0.15, 0.2) is 6.20 Å². The Morgan fingerprint density at radius 1 is 1.27 bits per heavy atom. The molecule has 0 fully saturated rings.